The zero-order chi connectivity index (χ0) is 16.4. The molecular formula is C15H19N5O3. The third-order valence-corrected chi connectivity index (χ3v) is 4.30. The number of nitrogens with one attached hydrogen (secondary N) is 2. The van der Waals surface area contributed by atoms with E-state index in [0.29, 0.717) is 17.9 Å². The molecule has 122 valence electrons. The standard InChI is InChI=1S/C15H19N5O3/c1-10-5-6-11(8-13(10)20(22)23)9-19-7-3-2-4-12(19)14-16-15(21)18-17-14/h5-6,8,12H,2-4,7,9H2,1H3,(H2,16,17,18,21). The van der Waals surface area contributed by atoms with Crippen molar-refractivity contribution in [1.29, 1.82) is 0 Å². The van der Waals surface area contributed by atoms with Gasteiger partial charge < -0.3 is 0 Å². The van der Waals surface area contributed by atoms with Crippen LogP contribution in [0, 0.1) is 17.0 Å². The van der Waals surface area contributed by atoms with Crippen molar-refractivity contribution >= 4 is 5.69 Å². The molecule has 2 aromatic rings. The third-order valence-electron chi connectivity index (χ3n) is 4.30. The van der Waals surface area contributed by atoms with Crippen LogP contribution in [0.5, 0.6) is 0 Å². The van der Waals surface area contributed by atoms with E-state index in [1.165, 1.54) is 0 Å². The first-order chi connectivity index (χ1) is 11.0. The highest BCUT2D eigenvalue weighted by atomic mass is 16.6. The summed E-state index contributed by atoms with van der Waals surface area (Å²) in [6, 6.07) is 5.36. The van der Waals surface area contributed by atoms with E-state index in [1.807, 2.05) is 6.07 Å². The predicted octanol–water partition coefficient (Wildman–Crippen LogP) is 2.04. The van der Waals surface area contributed by atoms with Crippen molar-refractivity contribution in [1.82, 2.24) is 20.1 Å². The van der Waals surface area contributed by atoms with Gasteiger partial charge in [-0.3, -0.25) is 20.0 Å². The lowest BCUT2D eigenvalue weighted by Crippen LogP contribution is -2.33. The minimum Gasteiger partial charge on any atom is -0.292 e. The van der Waals surface area contributed by atoms with Crippen molar-refractivity contribution in [3.63, 3.8) is 0 Å². The van der Waals surface area contributed by atoms with Crippen LogP contribution in [-0.2, 0) is 6.54 Å². The van der Waals surface area contributed by atoms with Gasteiger partial charge in [0.2, 0.25) is 0 Å². The molecule has 0 aliphatic carbocycles. The van der Waals surface area contributed by atoms with Gasteiger partial charge in [-0.25, -0.2) is 9.89 Å². The number of likely N-dealkylation sites (tertiary alicyclic amines) is 1. The number of piperidine rings is 1. The summed E-state index contributed by atoms with van der Waals surface area (Å²) >= 11 is 0. The van der Waals surface area contributed by atoms with Crippen LogP contribution in [0.4, 0.5) is 5.69 Å². The smallest absolute Gasteiger partial charge is 0.292 e. The van der Waals surface area contributed by atoms with Crippen LogP contribution in [0.1, 0.15) is 42.3 Å². The Kier molecular flexibility index (Phi) is 4.24. The Hall–Kier alpha value is -2.48. The molecule has 1 aliphatic rings. The van der Waals surface area contributed by atoms with Crippen molar-refractivity contribution in [2.75, 3.05) is 6.54 Å². The van der Waals surface area contributed by atoms with Crippen LogP contribution in [-0.4, -0.2) is 31.5 Å². The molecule has 3 rings (SSSR count). The molecular weight excluding hydrogens is 298 g/mol. The molecule has 1 atom stereocenters. The number of rotatable bonds is 4. The minimum absolute atomic E-state index is 0.0306. The first-order valence-corrected chi connectivity index (χ1v) is 7.67. The highest BCUT2D eigenvalue weighted by Gasteiger charge is 2.27. The summed E-state index contributed by atoms with van der Waals surface area (Å²) in [5, 5.41) is 17.5. The highest BCUT2D eigenvalue weighted by Crippen LogP contribution is 2.30. The van der Waals surface area contributed by atoms with Crippen LogP contribution in [0.2, 0.25) is 0 Å². The Balaban J connectivity index is 1.83. The molecule has 1 aromatic carbocycles. The minimum atomic E-state index is -0.349. The zero-order valence-corrected chi connectivity index (χ0v) is 12.9. The fourth-order valence-electron chi connectivity index (χ4n) is 3.12. The maximum absolute atomic E-state index is 11.3. The molecule has 0 amide bonds. The van der Waals surface area contributed by atoms with E-state index in [0.717, 1.165) is 31.4 Å². The first-order valence-electron chi connectivity index (χ1n) is 7.67. The van der Waals surface area contributed by atoms with E-state index in [2.05, 4.69) is 20.1 Å². The molecule has 1 unspecified atom stereocenters. The molecule has 1 saturated heterocycles. The van der Waals surface area contributed by atoms with Gasteiger partial charge in [-0.05, 0) is 31.9 Å². The quantitative estimate of drug-likeness (QED) is 0.662. The third kappa shape index (κ3) is 3.31. The predicted molar refractivity (Wildman–Crippen MR) is 84.0 cm³/mol. The maximum atomic E-state index is 11.3. The van der Waals surface area contributed by atoms with Crippen molar-refractivity contribution in [2.45, 2.75) is 38.8 Å². The number of benzene rings is 1. The molecule has 0 radical (unpaired) electrons. The van der Waals surface area contributed by atoms with Gasteiger partial charge in [-0.15, -0.1) is 0 Å². The van der Waals surface area contributed by atoms with Gasteiger partial charge in [-0.2, -0.15) is 5.10 Å². The van der Waals surface area contributed by atoms with Crippen molar-refractivity contribution in [3.8, 4) is 0 Å². The number of aromatic nitrogens is 3. The summed E-state index contributed by atoms with van der Waals surface area (Å²) in [4.78, 5) is 27.0. The number of aryl methyl sites for hydroxylation is 1. The van der Waals surface area contributed by atoms with E-state index in [-0.39, 0.29) is 22.3 Å². The van der Waals surface area contributed by atoms with Crippen LogP contribution >= 0.6 is 0 Å². The van der Waals surface area contributed by atoms with Crippen molar-refractivity contribution < 1.29 is 4.92 Å². The van der Waals surface area contributed by atoms with Gasteiger partial charge in [0.25, 0.3) is 5.69 Å². The topological polar surface area (TPSA) is 108 Å². The zero-order valence-electron chi connectivity index (χ0n) is 12.9. The molecule has 1 aliphatic heterocycles. The van der Waals surface area contributed by atoms with Gasteiger partial charge in [-0.1, -0.05) is 18.6 Å². The average Bonchev–Trinajstić information content (AvgIpc) is 2.96. The first kappa shape index (κ1) is 15.4. The van der Waals surface area contributed by atoms with Crippen LogP contribution in [0.3, 0.4) is 0 Å². The lowest BCUT2D eigenvalue weighted by atomic mass is 10.00. The monoisotopic (exact) mass is 317 g/mol. The molecule has 1 aromatic heterocycles. The van der Waals surface area contributed by atoms with Gasteiger partial charge in [0.15, 0.2) is 0 Å². The summed E-state index contributed by atoms with van der Waals surface area (Å²) in [7, 11) is 0. The molecule has 0 spiro atoms. The van der Waals surface area contributed by atoms with Crippen molar-refractivity contribution in [2.24, 2.45) is 0 Å². The summed E-state index contributed by atoms with van der Waals surface area (Å²) in [6.45, 7) is 3.21. The number of H-pyrrole nitrogens is 2. The lowest BCUT2D eigenvalue weighted by Gasteiger charge is -2.34. The number of aromatic amines is 2. The number of hydrogen-bond donors (Lipinski definition) is 2. The fourth-order valence-corrected chi connectivity index (χ4v) is 3.12. The average molecular weight is 317 g/mol. The SMILES string of the molecule is Cc1ccc(CN2CCCCC2c2n[nH]c(=O)[nH]2)cc1[N+](=O)[O-]. The van der Waals surface area contributed by atoms with Crippen LogP contribution in [0.25, 0.3) is 0 Å². The van der Waals surface area contributed by atoms with E-state index in [9.17, 15) is 14.9 Å². The van der Waals surface area contributed by atoms with Gasteiger partial charge in [0, 0.05) is 18.2 Å². The van der Waals surface area contributed by atoms with Gasteiger partial charge in [0.1, 0.15) is 5.82 Å². The molecule has 2 heterocycles. The molecule has 8 nitrogen and oxygen atoms in total. The summed E-state index contributed by atoms with van der Waals surface area (Å²) in [6.07, 6.45) is 3.05. The molecule has 23 heavy (non-hydrogen) atoms. The molecule has 0 saturated carbocycles. The Labute approximate surface area is 132 Å². The number of hydrogen-bond acceptors (Lipinski definition) is 5. The normalized spacial score (nSPS) is 18.9. The van der Waals surface area contributed by atoms with Crippen LogP contribution < -0.4 is 5.69 Å². The van der Waals surface area contributed by atoms with Crippen LogP contribution in [0.15, 0.2) is 23.0 Å². The number of nitro benzene ring substituents is 1. The summed E-state index contributed by atoms with van der Waals surface area (Å²) < 4.78 is 0. The van der Waals surface area contributed by atoms with Gasteiger partial charge in [0.05, 0.1) is 11.0 Å². The van der Waals surface area contributed by atoms with E-state index in [1.54, 1.807) is 19.1 Å². The van der Waals surface area contributed by atoms with Crippen molar-refractivity contribution in [3.05, 3.63) is 55.7 Å². The molecule has 2 N–H and O–H groups in total. The Morgan fingerprint density at radius 3 is 2.96 bits per heavy atom. The second-order valence-corrected chi connectivity index (χ2v) is 5.92. The lowest BCUT2D eigenvalue weighted by molar-refractivity contribution is -0.385. The summed E-state index contributed by atoms with van der Waals surface area (Å²) in [5.74, 6) is 0.635. The molecule has 8 heteroatoms. The second kappa shape index (κ2) is 6.33. The second-order valence-electron chi connectivity index (χ2n) is 5.92. The van der Waals surface area contributed by atoms with E-state index < -0.39 is 0 Å². The van der Waals surface area contributed by atoms with E-state index in [4.69, 9.17) is 0 Å². The molecule has 1 fully saturated rings. The van der Waals surface area contributed by atoms with E-state index >= 15 is 0 Å². The fraction of sp³-hybridized carbons (Fsp3) is 0.467. The molecule has 0 bridgehead atoms. The number of nitro groups is 1. The Morgan fingerprint density at radius 1 is 1.43 bits per heavy atom. The summed E-state index contributed by atoms with van der Waals surface area (Å²) in [5.41, 5.74) is 1.39. The largest absolute Gasteiger partial charge is 0.340 e. The van der Waals surface area contributed by atoms with Gasteiger partial charge >= 0.3 is 5.69 Å². The Bertz CT molecular complexity index is 766. The maximum Gasteiger partial charge on any atom is 0.340 e. The highest BCUT2D eigenvalue weighted by molar-refractivity contribution is 5.42. The number of nitrogens with zero attached hydrogens (tertiary/aromatic N) is 3. The Morgan fingerprint density at radius 2 is 2.26 bits per heavy atom.